The lowest BCUT2D eigenvalue weighted by atomic mass is 10.0. The highest BCUT2D eigenvalue weighted by Gasteiger charge is 2.40. The van der Waals surface area contributed by atoms with E-state index >= 15 is 0 Å². The molecule has 0 bridgehead atoms. The first-order chi connectivity index (χ1) is 9.63. The Bertz CT molecular complexity index is 600. The van der Waals surface area contributed by atoms with Crippen LogP contribution in [0, 0.1) is 0 Å². The molecule has 1 saturated carbocycles. The maximum Gasteiger partial charge on any atom is 0.258 e. The normalized spacial score (nSPS) is 17.5. The molecule has 1 aliphatic carbocycles. The fraction of sp³-hybridized carbons (Fsp3) is 0.429. The van der Waals surface area contributed by atoms with Crippen molar-refractivity contribution in [1.82, 2.24) is 10.1 Å². The van der Waals surface area contributed by atoms with Crippen molar-refractivity contribution in [2.45, 2.75) is 31.3 Å². The first kappa shape index (κ1) is 13.6. The van der Waals surface area contributed by atoms with Crippen LogP contribution in [0.4, 0.5) is 5.69 Å². The van der Waals surface area contributed by atoms with Gasteiger partial charge in [-0.3, -0.25) is 0 Å². The number of hydrogen-bond donors (Lipinski definition) is 1. The number of benzene rings is 1. The van der Waals surface area contributed by atoms with E-state index in [1.54, 1.807) is 7.11 Å². The van der Waals surface area contributed by atoms with Gasteiger partial charge in [-0.1, -0.05) is 21.1 Å². The van der Waals surface area contributed by atoms with E-state index in [1.807, 2.05) is 18.2 Å². The van der Waals surface area contributed by atoms with Gasteiger partial charge in [-0.25, -0.2) is 0 Å². The molecule has 3 rings (SSSR count). The van der Waals surface area contributed by atoms with Gasteiger partial charge in [-0.05, 0) is 43.9 Å². The molecule has 0 aliphatic heterocycles. The van der Waals surface area contributed by atoms with Gasteiger partial charge in [0.25, 0.3) is 5.89 Å². The lowest BCUT2D eigenvalue weighted by Gasteiger charge is -2.22. The SMILES string of the molecule is COC1(c2noc(-c3cc(N)cc(Br)c3)n2)CCCC1. The van der Waals surface area contributed by atoms with Gasteiger partial charge in [0.1, 0.15) is 5.60 Å². The zero-order valence-electron chi connectivity index (χ0n) is 11.2. The van der Waals surface area contributed by atoms with Crippen molar-refractivity contribution < 1.29 is 9.26 Å². The molecule has 0 amide bonds. The highest BCUT2D eigenvalue weighted by atomic mass is 79.9. The van der Waals surface area contributed by atoms with Crippen LogP contribution in [0.3, 0.4) is 0 Å². The minimum atomic E-state index is -0.390. The lowest BCUT2D eigenvalue weighted by molar-refractivity contribution is -0.0178. The van der Waals surface area contributed by atoms with E-state index in [0.29, 0.717) is 17.4 Å². The molecule has 6 heteroatoms. The summed E-state index contributed by atoms with van der Waals surface area (Å²) in [6.07, 6.45) is 4.12. The van der Waals surface area contributed by atoms with E-state index in [4.69, 9.17) is 15.0 Å². The second kappa shape index (κ2) is 5.18. The number of anilines is 1. The Kier molecular flexibility index (Phi) is 3.52. The summed E-state index contributed by atoms with van der Waals surface area (Å²) >= 11 is 3.41. The molecular formula is C14H16BrN3O2. The second-order valence-corrected chi connectivity index (χ2v) is 6.02. The van der Waals surface area contributed by atoms with Crippen LogP contribution in [0.2, 0.25) is 0 Å². The Morgan fingerprint density at radius 2 is 2.05 bits per heavy atom. The first-order valence-corrected chi connectivity index (χ1v) is 7.38. The van der Waals surface area contributed by atoms with Crippen LogP contribution < -0.4 is 5.73 Å². The van der Waals surface area contributed by atoms with E-state index in [0.717, 1.165) is 35.7 Å². The third-order valence-corrected chi connectivity index (χ3v) is 4.26. The fourth-order valence-electron chi connectivity index (χ4n) is 2.73. The van der Waals surface area contributed by atoms with Gasteiger partial charge >= 0.3 is 0 Å². The Morgan fingerprint density at radius 1 is 1.30 bits per heavy atom. The van der Waals surface area contributed by atoms with Crippen molar-refractivity contribution in [2.24, 2.45) is 0 Å². The standard InChI is InChI=1S/C14H16BrN3O2/c1-19-14(4-2-3-5-14)13-17-12(20-18-13)9-6-10(15)8-11(16)7-9/h6-8H,2-5,16H2,1H3. The molecule has 2 N–H and O–H groups in total. The molecular weight excluding hydrogens is 322 g/mol. The molecule has 106 valence electrons. The largest absolute Gasteiger partial charge is 0.399 e. The highest BCUT2D eigenvalue weighted by Crippen LogP contribution is 2.40. The number of methoxy groups -OCH3 is 1. The number of aromatic nitrogens is 2. The van der Waals surface area contributed by atoms with Crippen molar-refractivity contribution in [2.75, 3.05) is 12.8 Å². The number of nitrogen functional groups attached to an aromatic ring is 1. The Labute approximate surface area is 125 Å². The van der Waals surface area contributed by atoms with Crippen LogP contribution in [-0.4, -0.2) is 17.3 Å². The van der Waals surface area contributed by atoms with Crippen LogP contribution >= 0.6 is 15.9 Å². The molecule has 5 nitrogen and oxygen atoms in total. The molecule has 0 unspecified atom stereocenters. The molecule has 1 aromatic carbocycles. The van der Waals surface area contributed by atoms with Crippen molar-refractivity contribution in [3.63, 3.8) is 0 Å². The summed E-state index contributed by atoms with van der Waals surface area (Å²) in [7, 11) is 1.71. The monoisotopic (exact) mass is 337 g/mol. The Hall–Kier alpha value is -1.40. The average molecular weight is 338 g/mol. The van der Waals surface area contributed by atoms with E-state index in [9.17, 15) is 0 Å². The van der Waals surface area contributed by atoms with Crippen LogP contribution in [-0.2, 0) is 10.3 Å². The molecule has 1 fully saturated rings. The number of hydrogen-bond acceptors (Lipinski definition) is 5. The zero-order chi connectivity index (χ0) is 14.2. The summed E-state index contributed by atoms with van der Waals surface area (Å²) in [5.74, 6) is 1.10. The molecule has 0 atom stereocenters. The van der Waals surface area contributed by atoms with E-state index < -0.39 is 0 Å². The third-order valence-electron chi connectivity index (χ3n) is 3.80. The number of nitrogens with zero attached hydrogens (tertiary/aromatic N) is 2. The van der Waals surface area contributed by atoms with Gasteiger partial charge in [0.05, 0.1) is 0 Å². The van der Waals surface area contributed by atoms with E-state index in [2.05, 4.69) is 26.1 Å². The van der Waals surface area contributed by atoms with Crippen molar-refractivity contribution in [1.29, 1.82) is 0 Å². The van der Waals surface area contributed by atoms with Crippen molar-refractivity contribution >= 4 is 21.6 Å². The Balaban J connectivity index is 1.97. The van der Waals surface area contributed by atoms with Gasteiger partial charge in [0.15, 0.2) is 0 Å². The van der Waals surface area contributed by atoms with Gasteiger partial charge in [-0.15, -0.1) is 0 Å². The molecule has 0 spiro atoms. The zero-order valence-corrected chi connectivity index (χ0v) is 12.8. The number of nitrogens with two attached hydrogens (primary N) is 1. The minimum absolute atomic E-state index is 0.390. The number of rotatable bonds is 3. The molecule has 1 heterocycles. The Morgan fingerprint density at radius 3 is 2.70 bits per heavy atom. The van der Waals surface area contributed by atoms with Gasteiger partial charge in [0, 0.05) is 22.8 Å². The number of halogens is 1. The molecule has 20 heavy (non-hydrogen) atoms. The number of ether oxygens (including phenoxy) is 1. The quantitative estimate of drug-likeness (QED) is 0.867. The molecule has 1 aliphatic rings. The molecule has 0 saturated heterocycles. The molecule has 0 radical (unpaired) electrons. The van der Waals surface area contributed by atoms with Crippen LogP contribution in [0.15, 0.2) is 27.2 Å². The maximum absolute atomic E-state index is 5.83. The lowest BCUT2D eigenvalue weighted by Crippen LogP contribution is -2.25. The third kappa shape index (κ3) is 2.33. The summed E-state index contributed by atoms with van der Waals surface area (Å²) < 4.78 is 11.9. The average Bonchev–Trinajstić information content (AvgIpc) is 3.07. The summed E-state index contributed by atoms with van der Waals surface area (Å²) in [6, 6.07) is 5.55. The molecule has 1 aromatic heterocycles. The summed E-state index contributed by atoms with van der Waals surface area (Å²) in [5.41, 5.74) is 6.90. The summed E-state index contributed by atoms with van der Waals surface area (Å²) in [6.45, 7) is 0. The van der Waals surface area contributed by atoms with Gasteiger partial charge in [0.2, 0.25) is 5.82 Å². The van der Waals surface area contributed by atoms with Crippen LogP contribution in [0.1, 0.15) is 31.5 Å². The highest BCUT2D eigenvalue weighted by molar-refractivity contribution is 9.10. The topological polar surface area (TPSA) is 74.2 Å². The summed E-state index contributed by atoms with van der Waals surface area (Å²) in [4.78, 5) is 4.51. The van der Waals surface area contributed by atoms with Crippen LogP contribution in [0.25, 0.3) is 11.5 Å². The minimum Gasteiger partial charge on any atom is -0.399 e. The first-order valence-electron chi connectivity index (χ1n) is 6.59. The van der Waals surface area contributed by atoms with E-state index in [1.165, 1.54) is 0 Å². The predicted molar refractivity (Wildman–Crippen MR) is 79.0 cm³/mol. The van der Waals surface area contributed by atoms with Crippen molar-refractivity contribution in [3.8, 4) is 11.5 Å². The molecule has 2 aromatic rings. The van der Waals surface area contributed by atoms with Gasteiger partial charge < -0.3 is 15.0 Å². The van der Waals surface area contributed by atoms with E-state index in [-0.39, 0.29) is 5.60 Å². The summed E-state index contributed by atoms with van der Waals surface area (Å²) in [5, 5.41) is 4.11. The van der Waals surface area contributed by atoms with Crippen LogP contribution in [0.5, 0.6) is 0 Å². The van der Waals surface area contributed by atoms with Gasteiger partial charge in [-0.2, -0.15) is 4.98 Å². The fourth-order valence-corrected chi connectivity index (χ4v) is 3.24. The smallest absolute Gasteiger partial charge is 0.258 e. The second-order valence-electron chi connectivity index (χ2n) is 5.10. The maximum atomic E-state index is 5.83. The predicted octanol–water partition coefficient (Wildman–Crippen LogP) is 3.50. The van der Waals surface area contributed by atoms with Crippen molar-refractivity contribution in [3.05, 3.63) is 28.5 Å².